The van der Waals surface area contributed by atoms with Crippen LogP contribution in [-0.2, 0) is 4.74 Å². The second-order valence-corrected chi connectivity index (χ2v) is 8.23. The van der Waals surface area contributed by atoms with Crippen molar-refractivity contribution >= 4 is 29.3 Å². The number of hydrogen-bond acceptors (Lipinski definition) is 6. The Balaban J connectivity index is 1.83. The Kier molecular flexibility index (Phi) is 7.25. The smallest absolute Gasteiger partial charge is 0.338 e. The van der Waals surface area contributed by atoms with Crippen molar-refractivity contribution in [3.8, 4) is 22.3 Å². The van der Waals surface area contributed by atoms with Gasteiger partial charge in [-0.3, -0.25) is 10.1 Å². The molecule has 0 fully saturated rings. The summed E-state index contributed by atoms with van der Waals surface area (Å²) in [6, 6.07) is 29.6. The number of ether oxygens (including phenoxy) is 1. The van der Waals surface area contributed by atoms with Gasteiger partial charge in [-0.25, -0.2) is 4.79 Å². The Labute approximate surface area is 201 Å². The van der Waals surface area contributed by atoms with Crippen LogP contribution in [0.1, 0.15) is 17.3 Å². The molecule has 7 heteroatoms. The molecule has 4 aromatic carbocycles. The van der Waals surface area contributed by atoms with Gasteiger partial charge in [-0.15, -0.1) is 0 Å². The highest BCUT2D eigenvalue weighted by Crippen LogP contribution is 2.41. The van der Waals surface area contributed by atoms with Crippen molar-refractivity contribution in [2.75, 3.05) is 11.3 Å². The third-order valence-corrected chi connectivity index (χ3v) is 5.95. The first-order chi connectivity index (χ1) is 16.6. The number of hydrogen-bond donors (Lipinski definition) is 1. The molecule has 0 saturated carbocycles. The maximum absolute atomic E-state index is 12.7. The Morgan fingerprint density at radius 2 is 1.41 bits per heavy atom. The van der Waals surface area contributed by atoms with Crippen LogP contribution >= 0.6 is 11.9 Å². The van der Waals surface area contributed by atoms with E-state index in [2.05, 4.69) is 4.72 Å². The number of nitrogens with zero attached hydrogens (tertiary/aromatic N) is 1. The average molecular weight is 471 g/mol. The van der Waals surface area contributed by atoms with Crippen molar-refractivity contribution in [2.45, 2.75) is 11.8 Å². The summed E-state index contributed by atoms with van der Waals surface area (Å²) in [6.45, 7) is 2.07. The second kappa shape index (κ2) is 10.7. The molecule has 0 radical (unpaired) electrons. The summed E-state index contributed by atoms with van der Waals surface area (Å²) in [6.07, 6.45) is 0. The molecule has 0 spiro atoms. The monoisotopic (exact) mass is 470 g/mol. The number of nitrogens with one attached hydrogen (secondary N) is 1. The van der Waals surface area contributed by atoms with E-state index in [4.69, 9.17) is 4.74 Å². The fourth-order valence-corrected chi connectivity index (χ4v) is 4.23. The summed E-state index contributed by atoms with van der Waals surface area (Å²) in [4.78, 5) is 24.1. The molecule has 0 atom stereocenters. The zero-order chi connectivity index (χ0) is 23.9. The van der Waals surface area contributed by atoms with E-state index in [9.17, 15) is 14.9 Å². The van der Waals surface area contributed by atoms with Gasteiger partial charge in [-0.05, 0) is 54.3 Å². The van der Waals surface area contributed by atoms with E-state index in [-0.39, 0.29) is 18.3 Å². The Hall–Kier alpha value is -4.10. The lowest BCUT2D eigenvalue weighted by Crippen LogP contribution is -2.06. The largest absolute Gasteiger partial charge is 0.462 e. The average Bonchev–Trinajstić information content (AvgIpc) is 2.88. The maximum atomic E-state index is 12.7. The normalized spacial score (nSPS) is 10.5. The van der Waals surface area contributed by atoms with Gasteiger partial charge in [0, 0.05) is 28.2 Å². The van der Waals surface area contributed by atoms with Crippen molar-refractivity contribution < 1.29 is 14.5 Å². The minimum Gasteiger partial charge on any atom is -0.462 e. The van der Waals surface area contributed by atoms with Crippen molar-refractivity contribution in [3.05, 3.63) is 113 Å². The molecule has 0 aliphatic heterocycles. The molecule has 4 rings (SSSR count). The number of nitro groups is 1. The molecule has 0 bridgehead atoms. The zero-order valence-electron chi connectivity index (χ0n) is 18.4. The highest BCUT2D eigenvalue weighted by Gasteiger charge is 2.18. The first kappa shape index (κ1) is 23.1. The summed E-state index contributed by atoms with van der Waals surface area (Å²) in [5, 5.41) is 11.0. The van der Waals surface area contributed by atoms with Gasteiger partial charge in [0.2, 0.25) is 0 Å². The number of esters is 1. The van der Waals surface area contributed by atoms with Crippen LogP contribution in [-0.4, -0.2) is 17.5 Å². The Morgan fingerprint density at radius 3 is 1.88 bits per heavy atom. The van der Waals surface area contributed by atoms with Crippen LogP contribution < -0.4 is 4.72 Å². The van der Waals surface area contributed by atoms with Gasteiger partial charge < -0.3 is 9.46 Å². The Morgan fingerprint density at radius 1 is 0.882 bits per heavy atom. The molecule has 0 heterocycles. The van der Waals surface area contributed by atoms with Gasteiger partial charge in [0.15, 0.2) is 0 Å². The number of anilines is 1. The molecular weight excluding hydrogens is 448 g/mol. The fourth-order valence-electron chi connectivity index (χ4n) is 3.52. The predicted molar refractivity (Wildman–Crippen MR) is 136 cm³/mol. The van der Waals surface area contributed by atoms with Crippen LogP contribution in [0.2, 0.25) is 0 Å². The molecule has 0 amide bonds. The molecule has 1 N–H and O–H groups in total. The fraction of sp³-hybridized carbons (Fsp3) is 0.0741. The van der Waals surface area contributed by atoms with E-state index in [1.165, 1.54) is 24.1 Å². The molecule has 0 unspecified atom stereocenters. The van der Waals surface area contributed by atoms with Crippen LogP contribution in [0, 0.1) is 10.1 Å². The molecule has 0 aliphatic rings. The summed E-state index contributed by atoms with van der Waals surface area (Å²) >= 11 is 1.35. The van der Waals surface area contributed by atoms with E-state index in [1.807, 2.05) is 72.8 Å². The summed E-state index contributed by atoms with van der Waals surface area (Å²) < 4.78 is 8.73. The maximum Gasteiger partial charge on any atom is 0.338 e. The van der Waals surface area contributed by atoms with Crippen LogP contribution in [0.15, 0.2) is 102 Å². The van der Waals surface area contributed by atoms with Crippen molar-refractivity contribution in [3.63, 3.8) is 0 Å². The first-order valence-electron chi connectivity index (χ1n) is 10.7. The highest BCUT2D eigenvalue weighted by atomic mass is 32.2. The quantitative estimate of drug-likeness (QED) is 0.127. The SMILES string of the molecule is CCOC(=O)c1cc(-c2ccccc2)c(NSc2ccc([N+](=O)[O-])cc2)c(-c2ccccc2)c1. The zero-order valence-corrected chi connectivity index (χ0v) is 19.2. The lowest BCUT2D eigenvalue weighted by atomic mass is 9.93. The number of rotatable bonds is 8. The van der Waals surface area contributed by atoms with Crippen LogP contribution in [0.4, 0.5) is 11.4 Å². The minimum atomic E-state index is -0.420. The van der Waals surface area contributed by atoms with Gasteiger partial charge in [0.05, 0.1) is 22.8 Å². The molecule has 0 aromatic heterocycles. The summed E-state index contributed by atoms with van der Waals surface area (Å²) in [5.41, 5.74) is 4.91. The molecule has 0 saturated heterocycles. The molecule has 4 aromatic rings. The number of carbonyl (C=O) groups is 1. The van der Waals surface area contributed by atoms with E-state index in [1.54, 1.807) is 19.1 Å². The van der Waals surface area contributed by atoms with Gasteiger partial charge in [0.25, 0.3) is 5.69 Å². The first-order valence-corrected chi connectivity index (χ1v) is 11.5. The number of nitro benzene ring substituents is 1. The van der Waals surface area contributed by atoms with Crippen LogP contribution in [0.25, 0.3) is 22.3 Å². The summed E-state index contributed by atoms with van der Waals surface area (Å²) in [5.74, 6) is -0.383. The lowest BCUT2D eigenvalue weighted by Gasteiger charge is -2.19. The topological polar surface area (TPSA) is 81.5 Å². The van der Waals surface area contributed by atoms with E-state index < -0.39 is 4.92 Å². The number of non-ortho nitro benzene ring substituents is 1. The van der Waals surface area contributed by atoms with Crippen LogP contribution in [0.5, 0.6) is 0 Å². The minimum absolute atomic E-state index is 0.0399. The Bertz CT molecular complexity index is 1230. The molecule has 34 heavy (non-hydrogen) atoms. The molecule has 0 aliphatic carbocycles. The molecule has 170 valence electrons. The number of carbonyl (C=O) groups excluding carboxylic acids is 1. The van der Waals surface area contributed by atoms with Gasteiger partial charge in [-0.1, -0.05) is 60.7 Å². The highest BCUT2D eigenvalue weighted by molar-refractivity contribution is 8.00. The van der Waals surface area contributed by atoms with E-state index >= 15 is 0 Å². The van der Waals surface area contributed by atoms with Gasteiger partial charge in [-0.2, -0.15) is 0 Å². The third kappa shape index (κ3) is 5.27. The van der Waals surface area contributed by atoms with Gasteiger partial charge >= 0.3 is 5.97 Å². The van der Waals surface area contributed by atoms with E-state index in [0.29, 0.717) is 5.56 Å². The lowest BCUT2D eigenvalue weighted by molar-refractivity contribution is -0.384. The van der Waals surface area contributed by atoms with Gasteiger partial charge in [0.1, 0.15) is 0 Å². The predicted octanol–water partition coefficient (Wildman–Crippen LogP) is 7.22. The standard InChI is InChI=1S/C27H22N2O4S/c1-2-33-27(30)21-17-24(19-9-5-3-6-10-19)26(25(18-21)20-11-7-4-8-12-20)28-34-23-15-13-22(14-16-23)29(31)32/h3-18,28H,2H2,1H3. The second-order valence-electron chi connectivity index (χ2n) is 7.35. The van der Waals surface area contributed by atoms with Crippen LogP contribution in [0.3, 0.4) is 0 Å². The molecule has 6 nitrogen and oxygen atoms in total. The third-order valence-electron chi connectivity index (χ3n) is 5.14. The van der Waals surface area contributed by atoms with E-state index in [0.717, 1.165) is 32.8 Å². The molecular formula is C27H22N2O4S. The van der Waals surface area contributed by atoms with Crippen molar-refractivity contribution in [2.24, 2.45) is 0 Å². The van der Waals surface area contributed by atoms with Crippen molar-refractivity contribution in [1.82, 2.24) is 0 Å². The number of benzene rings is 4. The van der Waals surface area contributed by atoms with Crippen molar-refractivity contribution in [1.29, 1.82) is 0 Å². The summed E-state index contributed by atoms with van der Waals surface area (Å²) in [7, 11) is 0.